The fourth-order valence-corrected chi connectivity index (χ4v) is 6.13. The van der Waals surface area contributed by atoms with Crippen molar-refractivity contribution in [3.8, 4) is 23.0 Å². The molecule has 1 saturated heterocycles. The number of benzene rings is 1. The Hall–Kier alpha value is -3.86. The predicted octanol–water partition coefficient (Wildman–Crippen LogP) is 3.34. The van der Waals surface area contributed by atoms with E-state index in [9.17, 15) is 13.2 Å². The van der Waals surface area contributed by atoms with Crippen LogP contribution >= 0.6 is 0 Å². The molecule has 1 atom stereocenters. The minimum atomic E-state index is -3.14. The number of pyridine rings is 1. The molecule has 11 heteroatoms. The van der Waals surface area contributed by atoms with Gasteiger partial charge in [0.2, 0.25) is 6.79 Å². The number of furan rings is 1. The number of aryl methyl sites for hydroxylation is 1. The number of nitrogens with zero attached hydrogens (tertiary/aromatic N) is 3. The third kappa shape index (κ3) is 3.48. The van der Waals surface area contributed by atoms with Crippen LogP contribution < -0.4 is 14.8 Å². The van der Waals surface area contributed by atoms with Gasteiger partial charge in [0, 0.05) is 11.8 Å². The van der Waals surface area contributed by atoms with Crippen molar-refractivity contribution in [1.29, 1.82) is 0 Å². The first-order valence-corrected chi connectivity index (χ1v) is 12.6. The molecule has 0 bridgehead atoms. The summed E-state index contributed by atoms with van der Waals surface area (Å²) in [6, 6.07) is 9.97. The van der Waals surface area contributed by atoms with Crippen LogP contribution in [0.4, 0.5) is 5.69 Å². The number of hydrogen-bond donors (Lipinski definition) is 1. The summed E-state index contributed by atoms with van der Waals surface area (Å²) >= 11 is 0. The Morgan fingerprint density at radius 1 is 1.18 bits per heavy atom. The molecule has 2 aliphatic heterocycles. The second-order valence-corrected chi connectivity index (χ2v) is 10.6. The van der Waals surface area contributed by atoms with Crippen LogP contribution in [0.5, 0.6) is 11.5 Å². The number of hydrogen-bond acceptors (Lipinski definition) is 8. The maximum atomic E-state index is 13.5. The SMILES string of the molecule is Cc1nn([C@H]2CCS(=O)(=O)C2)c2nc(-c3ccco3)cc(C(=O)Nc3ccc4c(c3)OCO4)c12. The first kappa shape index (κ1) is 20.7. The van der Waals surface area contributed by atoms with Gasteiger partial charge < -0.3 is 19.2 Å². The van der Waals surface area contributed by atoms with E-state index in [0.717, 1.165) is 0 Å². The molecule has 0 unspecified atom stereocenters. The fourth-order valence-electron chi connectivity index (χ4n) is 4.44. The summed E-state index contributed by atoms with van der Waals surface area (Å²) in [5.41, 5.74) is 2.40. The number of anilines is 1. The van der Waals surface area contributed by atoms with Crippen molar-refractivity contribution in [1.82, 2.24) is 14.8 Å². The van der Waals surface area contributed by atoms with Crippen molar-refractivity contribution in [2.45, 2.75) is 19.4 Å². The van der Waals surface area contributed by atoms with Gasteiger partial charge in [-0.05, 0) is 43.7 Å². The van der Waals surface area contributed by atoms with Crippen molar-refractivity contribution >= 4 is 32.5 Å². The van der Waals surface area contributed by atoms with Crippen LogP contribution in [0.3, 0.4) is 0 Å². The van der Waals surface area contributed by atoms with Gasteiger partial charge in [0.1, 0.15) is 5.69 Å². The highest BCUT2D eigenvalue weighted by Crippen LogP contribution is 2.35. The maximum Gasteiger partial charge on any atom is 0.256 e. The second-order valence-electron chi connectivity index (χ2n) is 8.34. The topological polar surface area (TPSA) is 126 Å². The first-order valence-electron chi connectivity index (χ1n) is 10.7. The standard InChI is InChI=1S/C23H20N4O6S/c1-13-21-16(23(28)24-14-4-5-19-20(9-14)33-12-32-19)10-17(18-3-2-7-31-18)25-22(21)27(26-13)15-6-8-34(29,30)11-15/h2-5,7,9-10,15H,6,8,11-12H2,1H3,(H,24,28)/t15-/m0/s1. The van der Waals surface area contributed by atoms with Crippen LogP contribution in [0.25, 0.3) is 22.5 Å². The van der Waals surface area contributed by atoms with E-state index < -0.39 is 9.84 Å². The molecule has 174 valence electrons. The zero-order valence-electron chi connectivity index (χ0n) is 18.1. The average molecular weight is 481 g/mol. The Morgan fingerprint density at radius 3 is 2.79 bits per heavy atom. The molecule has 0 radical (unpaired) electrons. The van der Waals surface area contributed by atoms with Gasteiger partial charge in [-0.2, -0.15) is 5.10 Å². The van der Waals surface area contributed by atoms with Crippen molar-refractivity contribution in [3.63, 3.8) is 0 Å². The van der Waals surface area contributed by atoms with Gasteiger partial charge in [-0.3, -0.25) is 4.79 Å². The number of nitrogens with one attached hydrogen (secondary N) is 1. The van der Waals surface area contributed by atoms with Gasteiger partial charge in [0.25, 0.3) is 5.91 Å². The molecule has 1 aromatic carbocycles. The third-order valence-corrected chi connectivity index (χ3v) is 7.79. The number of fused-ring (bicyclic) bond motifs is 2. The van der Waals surface area contributed by atoms with E-state index in [1.54, 1.807) is 48.0 Å². The van der Waals surface area contributed by atoms with E-state index in [0.29, 0.717) is 57.4 Å². The molecular formula is C23H20N4O6S. The molecule has 5 heterocycles. The maximum absolute atomic E-state index is 13.5. The molecule has 10 nitrogen and oxygen atoms in total. The molecule has 1 amide bonds. The summed E-state index contributed by atoms with van der Waals surface area (Å²) in [5.74, 6) is 1.40. The summed E-state index contributed by atoms with van der Waals surface area (Å²) in [6.07, 6.45) is 1.98. The normalized spacial score (nSPS) is 18.4. The molecule has 4 aromatic rings. The summed E-state index contributed by atoms with van der Waals surface area (Å²) in [6.45, 7) is 1.92. The van der Waals surface area contributed by atoms with Gasteiger partial charge >= 0.3 is 0 Å². The number of aromatic nitrogens is 3. The van der Waals surface area contributed by atoms with Crippen LogP contribution in [-0.4, -0.2) is 47.4 Å². The molecule has 2 aliphatic rings. The second kappa shape index (κ2) is 7.59. The molecule has 0 spiro atoms. The highest BCUT2D eigenvalue weighted by Gasteiger charge is 2.32. The van der Waals surface area contributed by atoms with E-state index in [2.05, 4.69) is 10.4 Å². The molecular weight excluding hydrogens is 460 g/mol. The van der Waals surface area contributed by atoms with Crippen LogP contribution in [0.15, 0.2) is 47.1 Å². The highest BCUT2D eigenvalue weighted by molar-refractivity contribution is 7.91. The van der Waals surface area contributed by atoms with E-state index in [-0.39, 0.29) is 30.2 Å². The van der Waals surface area contributed by atoms with Crippen molar-refractivity contribution in [2.75, 3.05) is 23.6 Å². The predicted molar refractivity (Wildman–Crippen MR) is 123 cm³/mol. The highest BCUT2D eigenvalue weighted by atomic mass is 32.2. The largest absolute Gasteiger partial charge is 0.463 e. The molecule has 34 heavy (non-hydrogen) atoms. The molecule has 6 rings (SSSR count). The number of amides is 1. The molecule has 3 aromatic heterocycles. The molecule has 1 fully saturated rings. The van der Waals surface area contributed by atoms with Gasteiger partial charge in [0.15, 0.2) is 32.7 Å². The monoisotopic (exact) mass is 480 g/mol. The number of carbonyl (C=O) groups excluding carboxylic acids is 1. The number of ether oxygens (including phenoxy) is 2. The third-order valence-electron chi connectivity index (χ3n) is 6.04. The quantitative estimate of drug-likeness (QED) is 0.471. The lowest BCUT2D eigenvalue weighted by Crippen LogP contribution is -2.15. The lowest BCUT2D eigenvalue weighted by Gasteiger charge is -2.12. The van der Waals surface area contributed by atoms with Gasteiger partial charge in [0.05, 0.1) is 40.5 Å². The van der Waals surface area contributed by atoms with E-state index >= 15 is 0 Å². The Kier molecular flexibility index (Phi) is 4.63. The van der Waals surface area contributed by atoms with E-state index in [1.807, 2.05) is 0 Å². The minimum Gasteiger partial charge on any atom is -0.463 e. The summed E-state index contributed by atoms with van der Waals surface area (Å²) in [5, 5.41) is 8.07. The number of carbonyl (C=O) groups is 1. The number of rotatable bonds is 4. The lowest BCUT2D eigenvalue weighted by molar-refractivity contribution is 0.102. The van der Waals surface area contributed by atoms with Crippen LogP contribution in [-0.2, 0) is 9.84 Å². The summed E-state index contributed by atoms with van der Waals surface area (Å²) < 4.78 is 42.1. The van der Waals surface area contributed by atoms with Crippen molar-refractivity contribution in [3.05, 3.63) is 53.9 Å². The summed E-state index contributed by atoms with van der Waals surface area (Å²) in [4.78, 5) is 18.2. The first-order chi connectivity index (χ1) is 16.4. The Labute approximate surface area is 194 Å². The van der Waals surface area contributed by atoms with Gasteiger partial charge in [-0.25, -0.2) is 18.1 Å². The fraction of sp³-hybridized carbons (Fsp3) is 0.261. The Balaban J connectivity index is 1.47. The average Bonchev–Trinajstić information content (AvgIpc) is 3.59. The van der Waals surface area contributed by atoms with Crippen molar-refractivity contribution in [2.24, 2.45) is 0 Å². The number of sulfone groups is 1. The molecule has 1 N–H and O–H groups in total. The smallest absolute Gasteiger partial charge is 0.256 e. The van der Waals surface area contributed by atoms with Crippen LogP contribution in [0, 0.1) is 6.92 Å². The zero-order chi connectivity index (χ0) is 23.4. The lowest BCUT2D eigenvalue weighted by atomic mass is 10.1. The summed E-state index contributed by atoms with van der Waals surface area (Å²) in [7, 11) is -3.14. The Bertz CT molecular complexity index is 1540. The van der Waals surface area contributed by atoms with Crippen LogP contribution in [0.2, 0.25) is 0 Å². The zero-order valence-corrected chi connectivity index (χ0v) is 19.0. The molecule has 0 aliphatic carbocycles. The van der Waals surface area contributed by atoms with Crippen LogP contribution in [0.1, 0.15) is 28.5 Å². The minimum absolute atomic E-state index is 0.00535. The Morgan fingerprint density at radius 2 is 2.03 bits per heavy atom. The van der Waals surface area contributed by atoms with Gasteiger partial charge in [-0.15, -0.1) is 0 Å². The van der Waals surface area contributed by atoms with E-state index in [1.165, 1.54) is 6.26 Å². The van der Waals surface area contributed by atoms with E-state index in [4.69, 9.17) is 18.9 Å². The van der Waals surface area contributed by atoms with Gasteiger partial charge in [-0.1, -0.05) is 0 Å². The molecule has 0 saturated carbocycles. The van der Waals surface area contributed by atoms with Crippen molar-refractivity contribution < 1.29 is 27.1 Å².